The van der Waals surface area contributed by atoms with E-state index in [-0.39, 0.29) is 0 Å². The standard InChI is InChI=1S/C18H27F2N/c1-2-12-21-13-11-18(8-3-4-9-18)10-7-15-5-6-16(19)14-17(15)20/h5-6,14,21H,2-4,7-13H2,1H3. The second-order valence-corrected chi connectivity index (χ2v) is 6.44. The lowest BCUT2D eigenvalue weighted by molar-refractivity contribution is 0.244. The third-order valence-corrected chi connectivity index (χ3v) is 4.86. The maximum absolute atomic E-state index is 13.7. The van der Waals surface area contributed by atoms with Gasteiger partial charge in [0.2, 0.25) is 0 Å². The predicted molar refractivity (Wildman–Crippen MR) is 83.4 cm³/mol. The summed E-state index contributed by atoms with van der Waals surface area (Å²) in [5.74, 6) is -0.886. The molecule has 1 N–H and O–H groups in total. The number of nitrogens with one attached hydrogen (secondary N) is 1. The number of halogens is 2. The highest BCUT2D eigenvalue weighted by Gasteiger charge is 2.32. The molecule has 0 aliphatic heterocycles. The first-order valence-electron chi connectivity index (χ1n) is 8.30. The maximum Gasteiger partial charge on any atom is 0.129 e. The number of hydrogen-bond donors (Lipinski definition) is 1. The topological polar surface area (TPSA) is 12.0 Å². The highest BCUT2D eigenvalue weighted by Crippen LogP contribution is 2.44. The van der Waals surface area contributed by atoms with E-state index in [9.17, 15) is 8.78 Å². The molecule has 0 aromatic heterocycles. The van der Waals surface area contributed by atoms with E-state index in [2.05, 4.69) is 12.2 Å². The highest BCUT2D eigenvalue weighted by molar-refractivity contribution is 5.19. The number of aryl methyl sites for hydroxylation is 1. The van der Waals surface area contributed by atoms with Crippen LogP contribution in [0.15, 0.2) is 18.2 Å². The molecule has 0 bridgehead atoms. The fourth-order valence-corrected chi connectivity index (χ4v) is 3.53. The summed E-state index contributed by atoms with van der Waals surface area (Å²) >= 11 is 0. The van der Waals surface area contributed by atoms with E-state index < -0.39 is 11.6 Å². The Kier molecular flexibility index (Phi) is 6.16. The van der Waals surface area contributed by atoms with Crippen LogP contribution in [0.2, 0.25) is 0 Å². The largest absolute Gasteiger partial charge is 0.317 e. The van der Waals surface area contributed by atoms with Crippen molar-refractivity contribution in [2.24, 2.45) is 5.41 Å². The quantitative estimate of drug-likeness (QED) is 0.676. The molecular weight excluding hydrogens is 268 g/mol. The minimum absolute atomic E-state index is 0.363. The zero-order valence-electron chi connectivity index (χ0n) is 13.1. The molecule has 3 heteroatoms. The van der Waals surface area contributed by atoms with E-state index in [1.54, 1.807) is 6.07 Å². The van der Waals surface area contributed by atoms with Gasteiger partial charge in [0.05, 0.1) is 0 Å². The van der Waals surface area contributed by atoms with Crippen LogP contribution >= 0.6 is 0 Å². The minimum Gasteiger partial charge on any atom is -0.317 e. The van der Waals surface area contributed by atoms with Crippen LogP contribution in [0.1, 0.15) is 57.4 Å². The molecule has 1 aromatic rings. The zero-order chi connectivity index (χ0) is 15.1. The van der Waals surface area contributed by atoms with Crippen molar-refractivity contribution in [3.05, 3.63) is 35.4 Å². The first-order chi connectivity index (χ1) is 10.2. The van der Waals surface area contributed by atoms with Crippen molar-refractivity contribution < 1.29 is 8.78 Å². The summed E-state index contributed by atoms with van der Waals surface area (Å²) in [7, 11) is 0. The Hall–Kier alpha value is -0.960. The number of benzene rings is 1. The van der Waals surface area contributed by atoms with Crippen molar-refractivity contribution in [1.29, 1.82) is 0 Å². The second kappa shape index (κ2) is 7.88. The molecule has 1 saturated carbocycles. The van der Waals surface area contributed by atoms with Gasteiger partial charge in [-0.15, -0.1) is 0 Å². The van der Waals surface area contributed by atoms with Gasteiger partial charge in [-0.1, -0.05) is 25.8 Å². The molecule has 1 aromatic carbocycles. The Balaban J connectivity index is 1.90. The Morgan fingerprint density at radius 2 is 1.86 bits per heavy atom. The van der Waals surface area contributed by atoms with Crippen molar-refractivity contribution in [1.82, 2.24) is 5.32 Å². The van der Waals surface area contributed by atoms with Gasteiger partial charge in [0.15, 0.2) is 0 Å². The molecule has 118 valence electrons. The van der Waals surface area contributed by atoms with Gasteiger partial charge >= 0.3 is 0 Å². The van der Waals surface area contributed by atoms with Crippen LogP contribution in [0.5, 0.6) is 0 Å². The van der Waals surface area contributed by atoms with Crippen molar-refractivity contribution in [3.63, 3.8) is 0 Å². The van der Waals surface area contributed by atoms with Gasteiger partial charge in [-0.3, -0.25) is 0 Å². The molecular formula is C18H27F2N. The fraction of sp³-hybridized carbons (Fsp3) is 0.667. The predicted octanol–water partition coefficient (Wildman–Crippen LogP) is 4.85. The summed E-state index contributed by atoms with van der Waals surface area (Å²) < 4.78 is 26.7. The van der Waals surface area contributed by atoms with E-state index >= 15 is 0 Å². The van der Waals surface area contributed by atoms with Gasteiger partial charge < -0.3 is 5.32 Å². The molecule has 1 nitrogen and oxygen atoms in total. The Morgan fingerprint density at radius 1 is 1.10 bits per heavy atom. The Bertz CT molecular complexity index is 439. The van der Waals surface area contributed by atoms with E-state index in [1.807, 2.05) is 0 Å². The van der Waals surface area contributed by atoms with E-state index in [4.69, 9.17) is 0 Å². The van der Waals surface area contributed by atoms with Gasteiger partial charge in [-0.25, -0.2) is 8.78 Å². The average molecular weight is 295 g/mol. The number of hydrogen-bond acceptors (Lipinski definition) is 1. The lowest BCUT2D eigenvalue weighted by Gasteiger charge is -2.29. The van der Waals surface area contributed by atoms with Gasteiger partial charge in [0.25, 0.3) is 0 Å². The van der Waals surface area contributed by atoms with E-state index in [0.29, 0.717) is 11.0 Å². The molecule has 0 atom stereocenters. The van der Waals surface area contributed by atoms with Crippen molar-refractivity contribution >= 4 is 0 Å². The van der Waals surface area contributed by atoms with Crippen LogP contribution in [0.4, 0.5) is 8.78 Å². The normalized spacial score (nSPS) is 17.3. The molecule has 1 aliphatic rings. The van der Waals surface area contributed by atoms with Crippen LogP contribution in [0, 0.1) is 17.0 Å². The monoisotopic (exact) mass is 295 g/mol. The van der Waals surface area contributed by atoms with Crippen LogP contribution in [-0.4, -0.2) is 13.1 Å². The lowest BCUT2D eigenvalue weighted by atomic mass is 9.77. The highest BCUT2D eigenvalue weighted by atomic mass is 19.1. The zero-order valence-corrected chi connectivity index (χ0v) is 13.1. The van der Waals surface area contributed by atoms with Crippen molar-refractivity contribution in [3.8, 4) is 0 Å². The van der Waals surface area contributed by atoms with E-state index in [0.717, 1.165) is 38.4 Å². The van der Waals surface area contributed by atoms with E-state index in [1.165, 1.54) is 38.2 Å². The first kappa shape index (κ1) is 16.4. The van der Waals surface area contributed by atoms with Gasteiger partial charge in [-0.2, -0.15) is 0 Å². The van der Waals surface area contributed by atoms with Crippen LogP contribution in [0.3, 0.4) is 0 Å². The smallest absolute Gasteiger partial charge is 0.129 e. The van der Waals surface area contributed by atoms with Gasteiger partial charge in [0, 0.05) is 6.07 Å². The van der Waals surface area contributed by atoms with Crippen LogP contribution in [-0.2, 0) is 6.42 Å². The Labute approximate surface area is 127 Å². The Morgan fingerprint density at radius 3 is 2.52 bits per heavy atom. The minimum atomic E-state index is -0.490. The summed E-state index contributed by atoms with van der Waals surface area (Å²) in [4.78, 5) is 0. The van der Waals surface area contributed by atoms with Crippen LogP contribution < -0.4 is 5.32 Å². The molecule has 0 saturated heterocycles. The summed E-state index contributed by atoms with van der Waals surface area (Å²) in [6, 6.07) is 3.96. The molecule has 0 heterocycles. The average Bonchev–Trinajstić information content (AvgIpc) is 2.92. The molecule has 21 heavy (non-hydrogen) atoms. The molecule has 0 amide bonds. The van der Waals surface area contributed by atoms with Gasteiger partial charge in [0.1, 0.15) is 11.6 Å². The number of rotatable bonds is 8. The SMILES string of the molecule is CCCNCCC1(CCc2ccc(F)cc2F)CCCC1. The van der Waals surface area contributed by atoms with Gasteiger partial charge in [-0.05, 0) is 68.7 Å². The molecule has 0 unspecified atom stereocenters. The summed E-state index contributed by atoms with van der Waals surface area (Å²) in [5, 5.41) is 3.48. The summed E-state index contributed by atoms with van der Waals surface area (Å²) in [5.41, 5.74) is 1.02. The molecule has 0 radical (unpaired) electrons. The second-order valence-electron chi connectivity index (χ2n) is 6.44. The first-order valence-corrected chi connectivity index (χ1v) is 8.30. The molecule has 2 rings (SSSR count). The summed E-state index contributed by atoms with van der Waals surface area (Å²) in [6.07, 6.45) is 9.17. The third kappa shape index (κ3) is 4.77. The summed E-state index contributed by atoms with van der Waals surface area (Å²) in [6.45, 7) is 4.30. The third-order valence-electron chi connectivity index (χ3n) is 4.86. The molecule has 1 fully saturated rings. The van der Waals surface area contributed by atoms with Crippen molar-refractivity contribution in [2.75, 3.05) is 13.1 Å². The fourth-order valence-electron chi connectivity index (χ4n) is 3.53. The van der Waals surface area contributed by atoms with Crippen molar-refractivity contribution in [2.45, 2.75) is 58.3 Å². The lowest BCUT2D eigenvalue weighted by Crippen LogP contribution is -2.26. The maximum atomic E-state index is 13.7. The molecule has 1 aliphatic carbocycles. The van der Waals surface area contributed by atoms with Crippen LogP contribution in [0.25, 0.3) is 0 Å². The molecule has 0 spiro atoms.